The maximum atomic E-state index is 11.3. The van der Waals surface area contributed by atoms with Gasteiger partial charge in [0.05, 0.1) is 0 Å². The number of hydrogen-bond donors (Lipinski definition) is 1. The number of hydrogen-bond acceptors (Lipinski definition) is 1. The van der Waals surface area contributed by atoms with Gasteiger partial charge in [0, 0.05) is 6.54 Å². The minimum absolute atomic E-state index is 0.000610. The van der Waals surface area contributed by atoms with Crippen LogP contribution < -0.4 is 5.32 Å². The van der Waals surface area contributed by atoms with E-state index >= 15 is 0 Å². The molecule has 0 aliphatic heterocycles. The van der Waals surface area contributed by atoms with Crippen LogP contribution in [0.25, 0.3) is 0 Å². The van der Waals surface area contributed by atoms with E-state index in [9.17, 15) is 4.79 Å². The van der Waals surface area contributed by atoms with Crippen LogP contribution in [0, 0.1) is 5.92 Å². The summed E-state index contributed by atoms with van der Waals surface area (Å²) in [6.45, 7) is 6.88. The molecule has 0 saturated carbocycles. The van der Waals surface area contributed by atoms with Crippen molar-refractivity contribution in [1.82, 2.24) is 5.32 Å². The van der Waals surface area contributed by atoms with E-state index in [4.69, 9.17) is 0 Å². The third-order valence-electron chi connectivity index (χ3n) is 2.12. The van der Waals surface area contributed by atoms with Gasteiger partial charge in [0.1, 0.15) is 0 Å². The van der Waals surface area contributed by atoms with E-state index in [-0.39, 0.29) is 5.91 Å². The molecule has 0 spiro atoms. The van der Waals surface area contributed by atoms with Crippen LogP contribution in [-0.4, -0.2) is 12.5 Å². The lowest BCUT2D eigenvalue weighted by molar-refractivity contribution is -0.116. The van der Waals surface area contributed by atoms with E-state index in [1.54, 1.807) is 6.08 Å². The summed E-state index contributed by atoms with van der Waals surface area (Å²) in [7, 11) is 0. The zero-order valence-electron chi connectivity index (χ0n) is 11.7. The summed E-state index contributed by atoms with van der Waals surface area (Å²) in [5.74, 6) is 0.495. The first-order chi connectivity index (χ1) is 8.66. The van der Waals surface area contributed by atoms with Gasteiger partial charge in [-0.3, -0.25) is 4.79 Å². The summed E-state index contributed by atoms with van der Waals surface area (Å²) in [5.41, 5.74) is 0. The summed E-state index contributed by atoms with van der Waals surface area (Å²) in [4.78, 5) is 11.3. The second kappa shape index (κ2) is 11.9. The molecule has 0 fully saturated rings. The number of carbonyl (C=O) groups excluding carboxylic acids is 1. The van der Waals surface area contributed by atoms with Gasteiger partial charge in [-0.05, 0) is 31.8 Å². The van der Waals surface area contributed by atoms with Crippen molar-refractivity contribution in [2.45, 2.75) is 33.6 Å². The van der Waals surface area contributed by atoms with Crippen molar-refractivity contribution in [3.8, 4) is 0 Å². The van der Waals surface area contributed by atoms with E-state index in [0.717, 1.165) is 19.4 Å². The Bertz CT molecular complexity index is 322. The molecule has 0 heterocycles. The second-order valence-electron chi connectivity index (χ2n) is 4.46. The van der Waals surface area contributed by atoms with Gasteiger partial charge >= 0.3 is 0 Å². The molecular weight excluding hydrogens is 222 g/mol. The van der Waals surface area contributed by atoms with Gasteiger partial charge in [0.25, 0.3) is 0 Å². The van der Waals surface area contributed by atoms with Gasteiger partial charge in [0.15, 0.2) is 0 Å². The van der Waals surface area contributed by atoms with Gasteiger partial charge in [-0.25, -0.2) is 0 Å². The van der Waals surface area contributed by atoms with Crippen LogP contribution in [0.5, 0.6) is 0 Å². The fourth-order valence-corrected chi connectivity index (χ4v) is 1.16. The van der Waals surface area contributed by atoms with Crippen molar-refractivity contribution in [3.05, 3.63) is 48.6 Å². The number of nitrogens with one attached hydrogen (secondary N) is 1. The summed E-state index contributed by atoms with van der Waals surface area (Å²) in [6, 6.07) is 0. The molecule has 18 heavy (non-hydrogen) atoms. The summed E-state index contributed by atoms with van der Waals surface area (Å²) in [5, 5.41) is 2.84. The van der Waals surface area contributed by atoms with Crippen LogP contribution in [0.3, 0.4) is 0 Å². The SMILES string of the molecule is C/C=C/C=C/C=C\CC/C=C\C(=O)NCC(C)C. The Morgan fingerprint density at radius 2 is 1.72 bits per heavy atom. The molecule has 0 aliphatic rings. The molecule has 0 rings (SSSR count). The molecule has 0 aromatic heterocycles. The second-order valence-corrected chi connectivity index (χ2v) is 4.46. The van der Waals surface area contributed by atoms with Crippen LogP contribution in [0.1, 0.15) is 33.6 Å². The number of unbranched alkanes of at least 4 members (excludes halogenated alkanes) is 1. The van der Waals surface area contributed by atoms with Crippen LogP contribution in [0.4, 0.5) is 0 Å². The van der Waals surface area contributed by atoms with Gasteiger partial charge in [-0.1, -0.05) is 56.4 Å². The molecule has 0 bridgehead atoms. The first-order valence-electron chi connectivity index (χ1n) is 6.55. The van der Waals surface area contributed by atoms with Crippen LogP contribution >= 0.6 is 0 Å². The summed E-state index contributed by atoms with van der Waals surface area (Å²) >= 11 is 0. The predicted molar refractivity (Wildman–Crippen MR) is 79.3 cm³/mol. The highest BCUT2D eigenvalue weighted by atomic mass is 16.1. The Balaban J connectivity index is 3.61. The number of allylic oxidation sites excluding steroid dienone is 7. The molecule has 0 radical (unpaired) electrons. The fourth-order valence-electron chi connectivity index (χ4n) is 1.16. The molecule has 0 saturated heterocycles. The van der Waals surface area contributed by atoms with Crippen molar-refractivity contribution >= 4 is 5.91 Å². The lowest BCUT2D eigenvalue weighted by Gasteiger charge is -2.03. The first-order valence-corrected chi connectivity index (χ1v) is 6.55. The van der Waals surface area contributed by atoms with E-state index in [2.05, 4.69) is 25.2 Å². The Hall–Kier alpha value is -1.57. The third kappa shape index (κ3) is 12.5. The van der Waals surface area contributed by atoms with Crippen molar-refractivity contribution in [2.75, 3.05) is 6.54 Å². The maximum absolute atomic E-state index is 11.3. The van der Waals surface area contributed by atoms with Crippen molar-refractivity contribution in [2.24, 2.45) is 5.92 Å². The molecule has 2 heteroatoms. The quantitative estimate of drug-likeness (QED) is 0.395. The zero-order chi connectivity index (χ0) is 13.6. The van der Waals surface area contributed by atoms with Crippen molar-refractivity contribution in [3.63, 3.8) is 0 Å². The molecule has 100 valence electrons. The highest BCUT2D eigenvalue weighted by Crippen LogP contribution is 1.94. The molecule has 2 nitrogen and oxygen atoms in total. The molecule has 0 unspecified atom stereocenters. The monoisotopic (exact) mass is 247 g/mol. The minimum atomic E-state index is 0.000610. The fraction of sp³-hybridized carbons (Fsp3) is 0.438. The third-order valence-corrected chi connectivity index (χ3v) is 2.12. The summed E-state index contributed by atoms with van der Waals surface area (Å²) in [6.07, 6.45) is 17.5. The standard InChI is InChI=1S/C16H25NO/c1-4-5-6-7-8-9-10-11-12-13-16(18)17-14-15(2)3/h4-9,12-13,15H,10-11,14H2,1-3H3,(H,17,18)/b5-4+,7-6+,9-8-,13-12-. The molecular formula is C16H25NO. The van der Waals surface area contributed by atoms with Gasteiger partial charge in [-0.15, -0.1) is 0 Å². The summed E-state index contributed by atoms with van der Waals surface area (Å²) < 4.78 is 0. The minimum Gasteiger partial charge on any atom is -0.352 e. The smallest absolute Gasteiger partial charge is 0.243 e. The Morgan fingerprint density at radius 1 is 1.06 bits per heavy atom. The average Bonchev–Trinajstić information content (AvgIpc) is 2.34. The van der Waals surface area contributed by atoms with Crippen molar-refractivity contribution < 1.29 is 4.79 Å². The highest BCUT2D eigenvalue weighted by Gasteiger charge is 1.96. The molecule has 0 aliphatic carbocycles. The van der Waals surface area contributed by atoms with Gasteiger partial charge in [0.2, 0.25) is 5.91 Å². The van der Waals surface area contributed by atoms with E-state index in [0.29, 0.717) is 5.92 Å². The zero-order valence-corrected chi connectivity index (χ0v) is 11.7. The number of carbonyl (C=O) groups is 1. The van der Waals surface area contributed by atoms with Gasteiger partial charge < -0.3 is 5.32 Å². The van der Waals surface area contributed by atoms with E-state index in [1.807, 2.05) is 43.4 Å². The molecule has 1 amide bonds. The van der Waals surface area contributed by atoms with Crippen LogP contribution in [0.2, 0.25) is 0 Å². The lowest BCUT2D eigenvalue weighted by atomic mass is 10.2. The predicted octanol–water partition coefficient (Wildman–Crippen LogP) is 3.78. The number of rotatable bonds is 8. The Morgan fingerprint density at radius 3 is 2.39 bits per heavy atom. The van der Waals surface area contributed by atoms with Gasteiger partial charge in [-0.2, -0.15) is 0 Å². The molecule has 0 atom stereocenters. The molecule has 0 aromatic carbocycles. The molecule has 1 N–H and O–H groups in total. The lowest BCUT2D eigenvalue weighted by Crippen LogP contribution is -2.25. The first kappa shape index (κ1) is 16.4. The number of amides is 1. The average molecular weight is 247 g/mol. The normalized spacial score (nSPS) is 12.7. The maximum Gasteiger partial charge on any atom is 0.243 e. The van der Waals surface area contributed by atoms with E-state index in [1.165, 1.54) is 0 Å². The molecule has 0 aromatic rings. The van der Waals surface area contributed by atoms with Crippen molar-refractivity contribution in [1.29, 1.82) is 0 Å². The Kier molecular flexibility index (Phi) is 10.9. The van der Waals surface area contributed by atoms with E-state index < -0.39 is 0 Å². The Labute approximate surface area is 111 Å². The van der Waals surface area contributed by atoms with Crippen LogP contribution in [-0.2, 0) is 4.79 Å². The topological polar surface area (TPSA) is 29.1 Å². The highest BCUT2D eigenvalue weighted by molar-refractivity contribution is 5.87. The van der Waals surface area contributed by atoms with Crippen LogP contribution in [0.15, 0.2) is 48.6 Å². The largest absolute Gasteiger partial charge is 0.352 e.